The fourth-order valence-electron chi connectivity index (χ4n) is 2.02. The molecule has 2 rings (SSSR count). The molecule has 12 heavy (non-hydrogen) atoms. The molecule has 2 atom stereocenters. The molecule has 0 amide bonds. The van der Waals surface area contributed by atoms with E-state index in [2.05, 4.69) is 15.5 Å². The largest absolute Gasteiger partial charge is 0.395 e. The molecule has 0 bridgehead atoms. The van der Waals surface area contributed by atoms with Crippen LogP contribution in [0.2, 0.25) is 0 Å². The van der Waals surface area contributed by atoms with Gasteiger partial charge in [-0.1, -0.05) is 0 Å². The van der Waals surface area contributed by atoms with Crippen LogP contribution in [0.1, 0.15) is 0 Å². The summed E-state index contributed by atoms with van der Waals surface area (Å²) in [5.74, 6) is 0. The second-order valence-electron chi connectivity index (χ2n) is 3.64. The van der Waals surface area contributed by atoms with E-state index < -0.39 is 0 Å². The zero-order valence-electron chi connectivity index (χ0n) is 7.29. The number of nitrogens with one attached hydrogen (secondary N) is 2. The van der Waals surface area contributed by atoms with Crippen molar-refractivity contribution in [3.05, 3.63) is 0 Å². The number of hydrogen-bond acceptors (Lipinski definition) is 4. The average molecular weight is 171 g/mol. The molecule has 4 heteroatoms. The first kappa shape index (κ1) is 8.44. The lowest BCUT2D eigenvalue weighted by molar-refractivity contribution is 0.0832. The van der Waals surface area contributed by atoms with Gasteiger partial charge >= 0.3 is 0 Å². The predicted molar refractivity (Wildman–Crippen MR) is 47.1 cm³/mol. The van der Waals surface area contributed by atoms with Crippen molar-refractivity contribution in [2.75, 3.05) is 39.3 Å². The summed E-state index contributed by atoms with van der Waals surface area (Å²) in [6, 6.07) is 0.931. The Hall–Kier alpha value is -0.160. The Kier molecular flexibility index (Phi) is 2.60. The van der Waals surface area contributed by atoms with Gasteiger partial charge in [0.15, 0.2) is 0 Å². The molecule has 0 aromatic carbocycles. The van der Waals surface area contributed by atoms with Crippen molar-refractivity contribution in [1.29, 1.82) is 0 Å². The Bertz CT molecular complexity index is 153. The van der Waals surface area contributed by atoms with Gasteiger partial charge in [0.25, 0.3) is 0 Å². The van der Waals surface area contributed by atoms with Gasteiger partial charge < -0.3 is 15.7 Å². The van der Waals surface area contributed by atoms with E-state index in [9.17, 15) is 0 Å². The molecule has 0 aromatic heterocycles. The first-order valence-electron chi connectivity index (χ1n) is 4.69. The molecule has 4 nitrogen and oxygen atoms in total. The van der Waals surface area contributed by atoms with Gasteiger partial charge in [-0.05, 0) is 0 Å². The maximum Gasteiger partial charge on any atom is 0.0597 e. The molecule has 2 aliphatic rings. The first-order chi connectivity index (χ1) is 5.90. The van der Waals surface area contributed by atoms with Gasteiger partial charge in [0.1, 0.15) is 0 Å². The predicted octanol–water partition coefficient (Wildman–Crippen LogP) is -1.78. The van der Waals surface area contributed by atoms with E-state index in [0.29, 0.717) is 12.1 Å². The minimum Gasteiger partial charge on any atom is -0.395 e. The molecule has 0 radical (unpaired) electrons. The van der Waals surface area contributed by atoms with E-state index >= 15 is 0 Å². The quantitative estimate of drug-likeness (QED) is 0.437. The monoisotopic (exact) mass is 171 g/mol. The summed E-state index contributed by atoms with van der Waals surface area (Å²) in [6.07, 6.45) is 0. The van der Waals surface area contributed by atoms with Crippen molar-refractivity contribution in [2.45, 2.75) is 12.1 Å². The lowest BCUT2D eigenvalue weighted by Crippen LogP contribution is -2.64. The highest BCUT2D eigenvalue weighted by atomic mass is 16.3. The van der Waals surface area contributed by atoms with E-state index in [0.717, 1.165) is 32.7 Å². The normalized spacial score (nSPS) is 37.8. The molecule has 2 aliphatic heterocycles. The molecular weight excluding hydrogens is 154 g/mol. The van der Waals surface area contributed by atoms with Gasteiger partial charge in [-0.3, -0.25) is 4.90 Å². The van der Waals surface area contributed by atoms with E-state index in [4.69, 9.17) is 5.11 Å². The molecule has 2 heterocycles. The average Bonchev–Trinajstić information content (AvgIpc) is 2.17. The Morgan fingerprint density at radius 2 is 2.33 bits per heavy atom. The van der Waals surface area contributed by atoms with Crippen molar-refractivity contribution in [3.63, 3.8) is 0 Å². The smallest absolute Gasteiger partial charge is 0.0597 e. The van der Waals surface area contributed by atoms with E-state index in [1.807, 2.05) is 0 Å². The number of aliphatic hydroxyl groups is 1. The first-order valence-corrected chi connectivity index (χ1v) is 4.69. The SMILES string of the molecule is OC[C@@H]1CN2CCNC[C@H]2CN1. The summed E-state index contributed by atoms with van der Waals surface area (Å²) in [6.45, 7) is 5.58. The molecule has 0 spiro atoms. The summed E-state index contributed by atoms with van der Waals surface area (Å²) in [7, 11) is 0. The van der Waals surface area contributed by atoms with Crippen molar-refractivity contribution >= 4 is 0 Å². The van der Waals surface area contributed by atoms with Crippen LogP contribution in [-0.2, 0) is 0 Å². The maximum absolute atomic E-state index is 8.98. The topological polar surface area (TPSA) is 47.5 Å². The molecule has 0 aliphatic carbocycles. The van der Waals surface area contributed by atoms with E-state index in [-0.39, 0.29) is 6.61 Å². The van der Waals surface area contributed by atoms with Gasteiger partial charge in [-0.15, -0.1) is 0 Å². The Morgan fingerprint density at radius 3 is 3.17 bits per heavy atom. The van der Waals surface area contributed by atoms with Crippen molar-refractivity contribution in [2.24, 2.45) is 0 Å². The molecule has 70 valence electrons. The summed E-state index contributed by atoms with van der Waals surface area (Å²) < 4.78 is 0. The number of nitrogens with zero attached hydrogens (tertiary/aromatic N) is 1. The highest BCUT2D eigenvalue weighted by Gasteiger charge is 2.28. The summed E-state index contributed by atoms with van der Waals surface area (Å²) in [4.78, 5) is 2.47. The van der Waals surface area contributed by atoms with Crippen LogP contribution in [0.15, 0.2) is 0 Å². The number of fused-ring (bicyclic) bond motifs is 1. The number of rotatable bonds is 1. The van der Waals surface area contributed by atoms with Gasteiger partial charge in [0.2, 0.25) is 0 Å². The lowest BCUT2D eigenvalue weighted by atomic mass is 10.1. The van der Waals surface area contributed by atoms with Gasteiger partial charge in [0, 0.05) is 44.8 Å². The highest BCUT2D eigenvalue weighted by Crippen LogP contribution is 2.08. The fraction of sp³-hybridized carbons (Fsp3) is 1.00. The van der Waals surface area contributed by atoms with Gasteiger partial charge in [-0.2, -0.15) is 0 Å². The standard InChI is InChI=1S/C8H17N3O/c12-6-7-5-11-2-1-9-3-8(11)4-10-7/h7-10,12H,1-6H2/t7-,8-/m0/s1. The zero-order chi connectivity index (χ0) is 8.39. The van der Waals surface area contributed by atoms with Crippen molar-refractivity contribution in [1.82, 2.24) is 15.5 Å². The molecule has 2 saturated heterocycles. The summed E-state index contributed by atoms with van der Waals surface area (Å²) in [5, 5.41) is 15.7. The van der Waals surface area contributed by atoms with Crippen LogP contribution in [0.25, 0.3) is 0 Å². The highest BCUT2D eigenvalue weighted by molar-refractivity contribution is 4.89. The van der Waals surface area contributed by atoms with E-state index in [1.54, 1.807) is 0 Å². The Morgan fingerprint density at radius 1 is 1.42 bits per heavy atom. The minimum absolute atomic E-state index is 0.261. The van der Waals surface area contributed by atoms with Gasteiger partial charge in [-0.25, -0.2) is 0 Å². The van der Waals surface area contributed by atoms with Crippen LogP contribution in [0, 0.1) is 0 Å². The van der Waals surface area contributed by atoms with Crippen LogP contribution < -0.4 is 10.6 Å². The second-order valence-corrected chi connectivity index (χ2v) is 3.64. The molecule has 0 saturated carbocycles. The lowest BCUT2D eigenvalue weighted by Gasteiger charge is -2.42. The fourth-order valence-corrected chi connectivity index (χ4v) is 2.02. The number of piperazine rings is 2. The van der Waals surface area contributed by atoms with Crippen molar-refractivity contribution < 1.29 is 5.11 Å². The van der Waals surface area contributed by atoms with Crippen LogP contribution in [0.5, 0.6) is 0 Å². The second kappa shape index (κ2) is 3.70. The molecule has 3 N–H and O–H groups in total. The minimum atomic E-state index is 0.261. The molecule has 2 fully saturated rings. The van der Waals surface area contributed by atoms with Crippen LogP contribution >= 0.6 is 0 Å². The maximum atomic E-state index is 8.98. The van der Waals surface area contributed by atoms with E-state index in [1.165, 1.54) is 0 Å². The number of hydrogen-bond donors (Lipinski definition) is 3. The third kappa shape index (κ3) is 1.61. The van der Waals surface area contributed by atoms with Crippen LogP contribution in [0.4, 0.5) is 0 Å². The number of aliphatic hydroxyl groups excluding tert-OH is 1. The summed E-state index contributed by atoms with van der Waals surface area (Å²) >= 11 is 0. The summed E-state index contributed by atoms with van der Waals surface area (Å²) in [5.41, 5.74) is 0. The van der Waals surface area contributed by atoms with Gasteiger partial charge in [0.05, 0.1) is 6.61 Å². The third-order valence-corrected chi connectivity index (χ3v) is 2.79. The Labute approximate surface area is 72.9 Å². The van der Waals surface area contributed by atoms with Crippen LogP contribution in [-0.4, -0.2) is 61.4 Å². The van der Waals surface area contributed by atoms with Crippen molar-refractivity contribution in [3.8, 4) is 0 Å². The van der Waals surface area contributed by atoms with Crippen LogP contribution in [0.3, 0.4) is 0 Å². The molecule has 0 aromatic rings. The Balaban J connectivity index is 1.90. The zero-order valence-corrected chi connectivity index (χ0v) is 7.29. The molecule has 0 unspecified atom stereocenters. The molecular formula is C8H17N3O. The third-order valence-electron chi connectivity index (χ3n) is 2.79.